The molecule has 0 aromatic heterocycles. The Labute approximate surface area is 399 Å². The Kier molecular flexibility index (Phi) is 44.6. The van der Waals surface area contributed by atoms with E-state index in [4.69, 9.17) is 9.47 Å². The number of nitrogens with zero attached hydrogens (tertiary/aromatic N) is 2. The van der Waals surface area contributed by atoms with Crippen molar-refractivity contribution in [2.75, 3.05) is 39.3 Å². The number of carbonyl (C=O) groups is 2. The molecule has 1 aliphatic heterocycles. The molecule has 0 saturated carbocycles. The molecule has 1 fully saturated rings. The molecular weight excluding hydrogens is 793 g/mol. The molecule has 0 radical (unpaired) electrons. The Morgan fingerprint density at radius 3 is 1.08 bits per heavy atom. The van der Waals surface area contributed by atoms with Crippen molar-refractivity contribution in [2.24, 2.45) is 0 Å². The molecular formula is C57H112N2O5. The molecule has 0 aromatic rings. The van der Waals surface area contributed by atoms with Crippen LogP contribution in [0, 0.1) is 0 Å². The van der Waals surface area contributed by atoms with Gasteiger partial charge >= 0.3 is 11.9 Å². The van der Waals surface area contributed by atoms with E-state index < -0.39 is 0 Å². The number of likely N-dealkylation sites (tertiary alicyclic amines) is 1. The summed E-state index contributed by atoms with van der Waals surface area (Å²) in [6.07, 6.45) is 50.2. The number of aliphatic hydroxyl groups is 1. The molecule has 1 aliphatic rings. The number of carbonyl (C=O) groups excluding carboxylic acids is 2. The molecule has 1 saturated heterocycles. The third kappa shape index (κ3) is 37.9. The molecule has 64 heavy (non-hydrogen) atoms. The Hall–Kier alpha value is -1.18. The van der Waals surface area contributed by atoms with Crippen LogP contribution >= 0.6 is 0 Å². The third-order valence-corrected chi connectivity index (χ3v) is 14.3. The predicted molar refractivity (Wildman–Crippen MR) is 275 cm³/mol. The van der Waals surface area contributed by atoms with Crippen molar-refractivity contribution in [1.82, 2.24) is 9.80 Å². The fourth-order valence-electron chi connectivity index (χ4n) is 9.98. The minimum Gasteiger partial charge on any atom is -0.462 e. The average Bonchev–Trinajstić information content (AvgIpc) is 3.29. The highest BCUT2D eigenvalue weighted by Crippen LogP contribution is 2.22. The number of β-amino-alcohol motifs (C(OH)–C–C–N with tert-alkyl or cyclic N) is 1. The second kappa shape index (κ2) is 46.9. The van der Waals surface area contributed by atoms with Gasteiger partial charge in [0.25, 0.3) is 0 Å². The number of ether oxygens (including phenoxy) is 2. The summed E-state index contributed by atoms with van der Waals surface area (Å²) in [5, 5.41) is 9.48. The van der Waals surface area contributed by atoms with Crippen LogP contribution in [-0.4, -0.2) is 84.4 Å². The first-order chi connectivity index (χ1) is 31.5. The molecule has 1 rings (SSSR count). The van der Waals surface area contributed by atoms with Gasteiger partial charge in [0.2, 0.25) is 0 Å². The monoisotopic (exact) mass is 905 g/mol. The van der Waals surface area contributed by atoms with Crippen LogP contribution in [0.15, 0.2) is 0 Å². The summed E-state index contributed by atoms with van der Waals surface area (Å²) >= 11 is 0. The number of piperidine rings is 1. The molecule has 0 spiro atoms. The normalized spacial score (nSPS) is 13.8. The molecule has 7 heteroatoms. The fraction of sp³-hybridized carbons (Fsp3) is 0.965. The van der Waals surface area contributed by atoms with Crippen LogP contribution < -0.4 is 0 Å². The lowest BCUT2D eigenvalue weighted by atomic mass is 10.0. The lowest BCUT2D eigenvalue weighted by Gasteiger charge is -2.38. The van der Waals surface area contributed by atoms with E-state index in [0.717, 1.165) is 84.1 Å². The van der Waals surface area contributed by atoms with E-state index in [2.05, 4.69) is 37.5 Å². The number of hydrogen-bond acceptors (Lipinski definition) is 7. The maximum atomic E-state index is 12.9. The molecule has 0 amide bonds. The molecule has 0 atom stereocenters. The molecule has 0 aromatic carbocycles. The topological polar surface area (TPSA) is 79.3 Å². The van der Waals surface area contributed by atoms with Crippen LogP contribution in [0.3, 0.4) is 0 Å². The van der Waals surface area contributed by atoms with Gasteiger partial charge in [0, 0.05) is 25.4 Å². The number of esters is 2. The maximum absolute atomic E-state index is 12.9. The lowest BCUT2D eigenvalue weighted by molar-refractivity contribution is -0.151. The van der Waals surface area contributed by atoms with Gasteiger partial charge in [-0.15, -0.1) is 0 Å². The van der Waals surface area contributed by atoms with Crippen molar-refractivity contribution in [1.29, 1.82) is 0 Å². The number of rotatable bonds is 49. The molecule has 380 valence electrons. The third-order valence-electron chi connectivity index (χ3n) is 14.3. The van der Waals surface area contributed by atoms with E-state index >= 15 is 0 Å². The molecule has 0 aliphatic carbocycles. The van der Waals surface area contributed by atoms with Crippen LogP contribution in [0.1, 0.15) is 297 Å². The molecule has 1 heterocycles. The minimum absolute atomic E-state index is 0.0341. The number of unbranched alkanes of at least 4 members (excludes halogenated alkanes) is 28. The SMILES string of the molecule is CCCCCCCCC(CCCCCCCC)OC(=O)CCCCCCCN(CCCCCCCC(=O)OC(CCCCCCCC)CCCCCCCC)C1CCN(CCO)CC1. The van der Waals surface area contributed by atoms with Gasteiger partial charge in [0.15, 0.2) is 0 Å². The van der Waals surface area contributed by atoms with Crippen LogP contribution in [0.5, 0.6) is 0 Å². The lowest BCUT2D eigenvalue weighted by Crippen LogP contribution is -2.46. The van der Waals surface area contributed by atoms with Gasteiger partial charge in [-0.1, -0.05) is 195 Å². The van der Waals surface area contributed by atoms with Gasteiger partial charge in [-0.2, -0.15) is 0 Å². The first-order valence-electron chi connectivity index (χ1n) is 28.9. The average molecular weight is 906 g/mol. The van der Waals surface area contributed by atoms with Crippen LogP contribution in [0.4, 0.5) is 0 Å². The fourth-order valence-corrected chi connectivity index (χ4v) is 9.98. The molecule has 1 N–H and O–H groups in total. The zero-order valence-corrected chi connectivity index (χ0v) is 43.6. The van der Waals surface area contributed by atoms with E-state index in [1.807, 2.05) is 0 Å². The van der Waals surface area contributed by atoms with Gasteiger partial charge in [0.05, 0.1) is 6.61 Å². The highest BCUT2D eigenvalue weighted by molar-refractivity contribution is 5.69. The zero-order valence-electron chi connectivity index (χ0n) is 43.6. The van der Waals surface area contributed by atoms with E-state index in [-0.39, 0.29) is 30.8 Å². The van der Waals surface area contributed by atoms with Gasteiger partial charge in [0.1, 0.15) is 12.2 Å². The Morgan fingerprint density at radius 1 is 0.453 bits per heavy atom. The standard InChI is InChI=1S/C57H112N2O5/c1-5-9-13-17-23-31-39-54(40-32-24-18-14-10-6-2)63-56(61)43-35-27-21-29-37-47-59(53-45-49-58(50-46-53)51-52-60)48-38-30-22-28-36-44-57(62)64-55(41-33-25-19-15-11-7-3)42-34-26-20-16-12-8-4/h53-55,60H,5-52H2,1-4H3. The summed E-state index contributed by atoms with van der Waals surface area (Å²) in [6, 6.07) is 0.640. The van der Waals surface area contributed by atoms with Crippen molar-refractivity contribution in [3.05, 3.63) is 0 Å². The van der Waals surface area contributed by atoms with Crippen molar-refractivity contribution < 1.29 is 24.2 Å². The first kappa shape index (κ1) is 60.8. The second-order valence-electron chi connectivity index (χ2n) is 20.3. The summed E-state index contributed by atoms with van der Waals surface area (Å²) in [7, 11) is 0. The van der Waals surface area contributed by atoms with Crippen molar-refractivity contribution in [3.63, 3.8) is 0 Å². The summed E-state index contributed by atoms with van der Waals surface area (Å²) in [4.78, 5) is 31.1. The van der Waals surface area contributed by atoms with Gasteiger partial charge in [-0.05, 0) is 116 Å². The van der Waals surface area contributed by atoms with E-state index in [1.165, 1.54) is 205 Å². The predicted octanol–water partition coefficient (Wildman–Crippen LogP) is 16.3. The second-order valence-corrected chi connectivity index (χ2v) is 20.3. The van der Waals surface area contributed by atoms with E-state index in [0.29, 0.717) is 18.9 Å². The Bertz CT molecular complexity index is 891. The van der Waals surface area contributed by atoms with Gasteiger partial charge in [-0.3, -0.25) is 9.59 Å². The highest BCUT2D eigenvalue weighted by Gasteiger charge is 2.24. The van der Waals surface area contributed by atoms with Gasteiger partial charge < -0.3 is 24.4 Å². The summed E-state index contributed by atoms with van der Waals surface area (Å²) in [5.41, 5.74) is 0. The number of aliphatic hydroxyl groups excluding tert-OH is 1. The minimum atomic E-state index is 0.0341. The molecule has 7 nitrogen and oxygen atoms in total. The quantitative estimate of drug-likeness (QED) is 0.0481. The van der Waals surface area contributed by atoms with Crippen molar-refractivity contribution in [2.45, 2.75) is 316 Å². The maximum Gasteiger partial charge on any atom is 0.306 e. The van der Waals surface area contributed by atoms with Crippen molar-refractivity contribution in [3.8, 4) is 0 Å². The summed E-state index contributed by atoms with van der Waals surface area (Å²) < 4.78 is 12.2. The summed E-state index contributed by atoms with van der Waals surface area (Å²) in [6.45, 7) is 14.6. The van der Waals surface area contributed by atoms with Crippen LogP contribution in [-0.2, 0) is 19.1 Å². The van der Waals surface area contributed by atoms with Gasteiger partial charge in [-0.25, -0.2) is 0 Å². The van der Waals surface area contributed by atoms with E-state index in [9.17, 15) is 14.7 Å². The highest BCUT2D eigenvalue weighted by atomic mass is 16.5. The molecule has 0 bridgehead atoms. The molecule has 0 unspecified atom stereocenters. The Morgan fingerprint density at radius 2 is 0.750 bits per heavy atom. The van der Waals surface area contributed by atoms with Crippen LogP contribution in [0.25, 0.3) is 0 Å². The van der Waals surface area contributed by atoms with E-state index in [1.54, 1.807) is 0 Å². The largest absolute Gasteiger partial charge is 0.462 e. The first-order valence-corrected chi connectivity index (χ1v) is 28.9. The van der Waals surface area contributed by atoms with Crippen LogP contribution in [0.2, 0.25) is 0 Å². The summed E-state index contributed by atoms with van der Waals surface area (Å²) in [5.74, 6) is 0.0683. The zero-order chi connectivity index (χ0) is 46.4. The number of hydrogen-bond donors (Lipinski definition) is 1. The van der Waals surface area contributed by atoms with Crippen molar-refractivity contribution >= 4 is 11.9 Å². The Balaban J connectivity index is 2.42. The smallest absolute Gasteiger partial charge is 0.306 e.